The Hall–Kier alpha value is -3.26. The number of ether oxygens (including phenoxy) is 2. The smallest absolute Gasteiger partial charge is 0.297 e. The number of aromatic nitrogens is 1. The molecule has 1 saturated carbocycles. The van der Waals surface area contributed by atoms with Crippen LogP contribution in [-0.4, -0.2) is 42.7 Å². The number of methoxy groups -OCH3 is 2. The number of amides is 1. The van der Waals surface area contributed by atoms with Crippen LogP contribution in [0.15, 0.2) is 42.5 Å². The summed E-state index contributed by atoms with van der Waals surface area (Å²) in [4.78, 5) is 46.5. The average molecular weight is 479 g/mol. The number of anilines is 1. The van der Waals surface area contributed by atoms with Crippen molar-refractivity contribution in [2.75, 3.05) is 19.1 Å². The third-order valence-electron chi connectivity index (χ3n) is 6.93. The lowest BCUT2D eigenvalue weighted by molar-refractivity contribution is -0.135. The maximum Gasteiger partial charge on any atom is 0.297 e. The molecule has 1 aromatic heterocycles. The van der Waals surface area contributed by atoms with Crippen molar-refractivity contribution in [3.05, 3.63) is 48.0 Å². The summed E-state index contributed by atoms with van der Waals surface area (Å²) >= 11 is 1.36. The summed E-state index contributed by atoms with van der Waals surface area (Å²) in [5.41, 5.74) is 1.11. The summed E-state index contributed by atoms with van der Waals surface area (Å²) in [6.07, 6.45) is 4.94. The Labute approximate surface area is 201 Å². The summed E-state index contributed by atoms with van der Waals surface area (Å²) in [5, 5.41) is 0.460. The Bertz CT molecular complexity index is 1250. The largest absolute Gasteiger partial charge is 0.497 e. The highest BCUT2D eigenvalue weighted by molar-refractivity contribution is 7.22. The van der Waals surface area contributed by atoms with Gasteiger partial charge in [-0.15, -0.1) is 0 Å². The minimum Gasteiger partial charge on any atom is -0.497 e. The molecular weight excluding hydrogens is 452 g/mol. The highest BCUT2D eigenvalue weighted by atomic mass is 32.1. The summed E-state index contributed by atoms with van der Waals surface area (Å²) in [6.45, 7) is 0. The molecule has 0 spiro atoms. The van der Waals surface area contributed by atoms with E-state index in [-0.39, 0.29) is 11.7 Å². The quantitative estimate of drug-likeness (QED) is 0.291. The molecule has 176 valence electrons. The van der Waals surface area contributed by atoms with Crippen LogP contribution in [0.4, 0.5) is 5.13 Å². The fraction of sp³-hybridized carbons (Fsp3) is 0.385. The fourth-order valence-corrected chi connectivity index (χ4v) is 6.19. The van der Waals surface area contributed by atoms with E-state index in [9.17, 15) is 14.4 Å². The predicted octanol–water partition coefficient (Wildman–Crippen LogP) is 4.68. The molecular formula is C26H26N2O5S. The third-order valence-corrected chi connectivity index (χ3v) is 7.97. The second kappa shape index (κ2) is 9.18. The first-order chi connectivity index (χ1) is 16.5. The molecule has 1 aliphatic carbocycles. The summed E-state index contributed by atoms with van der Waals surface area (Å²) in [5.74, 6) is -1.28. The van der Waals surface area contributed by atoms with E-state index in [1.165, 1.54) is 16.2 Å². The molecule has 1 aliphatic heterocycles. The first-order valence-corrected chi connectivity index (χ1v) is 12.3. The van der Waals surface area contributed by atoms with Crippen LogP contribution in [0.3, 0.4) is 0 Å². The molecule has 2 unspecified atom stereocenters. The van der Waals surface area contributed by atoms with Crippen molar-refractivity contribution in [1.82, 2.24) is 4.98 Å². The molecule has 1 amide bonds. The molecule has 3 aromatic rings. The van der Waals surface area contributed by atoms with Gasteiger partial charge in [0, 0.05) is 11.6 Å². The first-order valence-electron chi connectivity index (χ1n) is 11.5. The van der Waals surface area contributed by atoms with Crippen LogP contribution < -0.4 is 14.4 Å². The lowest BCUT2D eigenvalue weighted by Crippen LogP contribution is -2.43. The molecule has 0 radical (unpaired) electrons. The van der Waals surface area contributed by atoms with Crippen LogP contribution in [0.25, 0.3) is 10.2 Å². The Balaban J connectivity index is 1.57. The molecule has 2 aromatic carbocycles. The lowest BCUT2D eigenvalue weighted by Gasteiger charge is -2.34. The standard InChI is InChI=1S/C26H26N2O5S/c1-32-17-10-8-16(9-11-17)23(29)21-22(15-6-4-3-5-7-15)28(25(31)24(21)30)26-27-19-14-18(33-2)12-13-20(19)34-26/h8-15,21-22H,3-7H2,1-2H3. The van der Waals surface area contributed by atoms with Crippen LogP contribution in [0.1, 0.15) is 42.5 Å². The van der Waals surface area contributed by atoms with Gasteiger partial charge in [-0.2, -0.15) is 0 Å². The molecule has 2 atom stereocenters. The van der Waals surface area contributed by atoms with Gasteiger partial charge in [0.15, 0.2) is 10.9 Å². The van der Waals surface area contributed by atoms with Crippen molar-refractivity contribution < 1.29 is 23.9 Å². The normalized spacial score (nSPS) is 21.3. The number of fused-ring (bicyclic) bond motifs is 1. The second-order valence-corrected chi connectivity index (χ2v) is 9.84. The monoisotopic (exact) mass is 478 g/mol. The molecule has 5 rings (SSSR count). The van der Waals surface area contributed by atoms with Crippen molar-refractivity contribution in [1.29, 1.82) is 0 Å². The summed E-state index contributed by atoms with van der Waals surface area (Å²) in [6, 6.07) is 11.7. The van der Waals surface area contributed by atoms with Crippen LogP contribution in [0.5, 0.6) is 11.5 Å². The van der Waals surface area contributed by atoms with Crippen molar-refractivity contribution in [3.63, 3.8) is 0 Å². The molecule has 34 heavy (non-hydrogen) atoms. The van der Waals surface area contributed by atoms with Crippen LogP contribution in [0.2, 0.25) is 0 Å². The van der Waals surface area contributed by atoms with Crippen molar-refractivity contribution in [2.24, 2.45) is 11.8 Å². The van der Waals surface area contributed by atoms with Gasteiger partial charge < -0.3 is 9.47 Å². The van der Waals surface area contributed by atoms with Crippen molar-refractivity contribution >= 4 is 44.2 Å². The highest BCUT2D eigenvalue weighted by Crippen LogP contribution is 2.43. The van der Waals surface area contributed by atoms with E-state index in [1.54, 1.807) is 38.5 Å². The average Bonchev–Trinajstić information content (AvgIpc) is 3.41. The van der Waals surface area contributed by atoms with E-state index < -0.39 is 23.7 Å². The van der Waals surface area contributed by atoms with Crippen LogP contribution >= 0.6 is 11.3 Å². The summed E-state index contributed by atoms with van der Waals surface area (Å²) < 4.78 is 11.4. The SMILES string of the molecule is COc1ccc(C(=O)C2C(=O)C(=O)N(c3nc4cc(OC)ccc4s3)C2C2CCCCC2)cc1. The number of ketones is 2. The van der Waals surface area contributed by atoms with E-state index in [0.717, 1.165) is 36.8 Å². The zero-order valence-electron chi connectivity index (χ0n) is 19.2. The number of Topliss-reactive ketones (excluding diaryl/α,β-unsaturated/α-hetero) is 2. The highest BCUT2D eigenvalue weighted by Gasteiger charge is 2.55. The second-order valence-electron chi connectivity index (χ2n) is 8.83. The van der Waals surface area contributed by atoms with E-state index in [2.05, 4.69) is 4.98 Å². The predicted molar refractivity (Wildman–Crippen MR) is 130 cm³/mol. The lowest BCUT2D eigenvalue weighted by atomic mass is 9.76. The molecule has 7 nitrogen and oxygen atoms in total. The van der Waals surface area contributed by atoms with Gasteiger partial charge in [0.25, 0.3) is 5.91 Å². The number of rotatable bonds is 6. The maximum absolute atomic E-state index is 13.6. The molecule has 2 heterocycles. The van der Waals surface area contributed by atoms with E-state index in [4.69, 9.17) is 9.47 Å². The molecule has 8 heteroatoms. The Kier molecular flexibility index (Phi) is 6.08. The fourth-order valence-electron chi connectivity index (χ4n) is 5.20. The van der Waals surface area contributed by atoms with Gasteiger partial charge >= 0.3 is 0 Å². The Morgan fingerprint density at radius 3 is 2.32 bits per heavy atom. The van der Waals surface area contributed by atoms with Gasteiger partial charge in [0.1, 0.15) is 17.4 Å². The van der Waals surface area contributed by atoms with E-state index in [1.807, 2.05) is 18.2 Å². The number of hydrogen-bond acceptors (Lipinski definition) is 7. The zero-order chi connectivity index (χ0) is 23.8. The van der Waals surface area contributed by atoms with E-state index in [0.29, 0.717) is 27.7 Å². The van der Waals surface area contributed by atoms with Gasteiger partial charge in [0.2, 0.25) is 5.78 Å². The number of nitrogens with zero attached hydrogens (tertiary/aromatic N) is 2. The number of hydrogen-bond donors (Lipinski definition) is 0. The number of benzene rings is 2. The minimum atomic E-state index is -1.04. The molecule has 0 bridgehead atoms. The summed E-state index contributed by atoms with van der Waals surface area (Å²) in [7, 11) is 3.14. The van der Waals surface area contributed by atoms with Gasteiger partial charge in [-0.3, -0.25) is 19.3 Å². The molecule has 2 fully saturated rings. The Morgan fingerprint density at radius 1 is 0.971 bits per heavy atom. The van der Waals surface area contributed by atoms with Crippen molar-refractivity contribution in [3.8, 4) is 11.5 Å². The number of thiazole rings is 1. The molecule has 2 aliphatic rings. The molecule has 1 saturated heterocycles. The number of carbonyl (C=O) groups is 3. The third kappa shape index (κ3) is 3.86. The topological polar surface area (TPSA) is 85.8 Å². The zero-order valence-corrected chi connectivity index (χ0v) is 20.0. The molecule has 0 N–H and O–H groups in total. The maximum atomic E-state index is 13.6. The van der Waals surface area contributed by atoms with Gasteiger partial charge in [-0.1, -0.05) is 30.6 Å². The van der Waals surface area contributed by atoms with Crippen molar-refractivity contribution in [2.45, 2.75) is 38.1 Å². The van der Waals surface area contributed by atoms with Gasteiger partial charge in [-0.05, 0) is 55.2 Å². The Morgan fingerprint density at radius 2 is 1.65 bits per heavy atom. The first kappa shape index (κ1) is 22.5. The van der Waals surface area contributed by atoms with E-state index >= 15 is 0 Å². The van der Waals surface area contributed by atoms with Gasteiger partial charge in [0.05, 0.1) is 30.5 Å². The number of carbonyl (C=O) groups excluding carboxylic acids is 3. The van der Waals surface area contributed by atoms with Crippen LogP contribution in [-0.2, 0) is 9.59 Å². The van der Waals surface area contributed by atoms with Gasteiger partial charge in [-0.25, -0.2) is 4.98 Å². The van der Waals surface area contributed by atoms with Crippen LogP contribution in [0, 0.1) is 11.8 Å². The minimum absolute atomic E-state index is 0.0675.